The Kier molecular flexibility index (Phi) is 9.42. The van der Waals surface area contributed by atoms with Crippen LogP contribution < -0.4 is 5.32 Å². The molecule has 0 heterocycles. The van der Waals surface area contributed by atoms with Gasteiger partial charge >= 0.3 is 0 Å². The third-order valence-corrected chi connectivity index (χ3v) is 2.83. The van der Waals surface area contributed by atoms with Gasteiger partial charge in [0.05, 0.1) is 6.61 Å². The summed E-state index contributed by atoms with van der Waals surface area (Å²) in [5.74, 6) is 0.773. The molecular weight excluding hydrogens is 174 g/mol. The fraction of sp³-hybridized carbons (Fsp3) is 1.00. The standard InChI is InChI=1S/C12H27NO/c1-5-8-9-11(6-2)12(10-14-4)13-7-3/h11-13H,5-10H2,1-4H3. The number of methoxy groups -OCH3 is 1. The van der Waals surface area contributed by atoms with Crippen LogP contribution in [0.3, 0.4) is 0 Å². The predicted molar refractivity (Wildman–Crippen MR) is 62.6 cm³/mol. The van der Waals surface area contributed by atoms with E-state index in [0.717, 1.165) is 19.1 Å². The molecule has 2 unspecified atom stereocenters. The van der Waals surface area contributed by atoms with Gasteiger partial charge in [0.25, 0.3) is 0 Å². The van der Waals surface area contributed by atoms with E-state index < -0.39 is 0 Å². The first-order valence-corrected chi connectivity index (χ1v) is 6.02. The van der Waals surface area contributed by atoms with Crippen LogP contribution in [0.4, 0.5) is 0 Å². The molecule has 0 aliphatic carbocycles. The van der Waals surface area contributed by atoms with E-state index >= 15 is 0 Å². The van der Waals surface area contributed by atoms with Gasteiger partial charge in [0.2, 0.25) is 0 Å². The fourth-order valence-electron chi connectivity index (χ4n) is 1.96. The van der Waals surface area contributed by atoms with E-state index in [2.05, 4.69) is 26.1 Å². The van der Waals surface area contributed by atoms with Crippen molar-refractivity contribution in [1.82, 2.24) is 5.32 Å². The molecule has 86 valence electrons. The van der Waals surface area contributed by atoms with Crippen molar-refractivity contribution < 1.29 is 4.74 Å². The molecule has 0 spiro atoms. The normalized spacial score (nSPS) is 15.4. The van der Waals surface area contributed by atoms with Crippen LogP contribution in [0.15, 0.2) is 0 Å². The highest BCUT2D eigenvalue weighted by Crippen LogP contribution is 2.17. The maximum Gasteiger partial charge on any atom is 0.0618 e. The molecule has 0 bridgehead atoms. The highest BCUT2D eigenvalue weighted by Gasteiger charge is 2.17. The number of hydrogen-bond donors (Lipinski definition) is 1. The number of hydrogen-bond acceptors (Lipinski definition) is 2. The van der Waals surface area contributed by atoms with E-state index in [9.17, 15) is 0 Å². The summed E-state index contributed by atoms with van der Waals surface area (Å²) in [6, 6.07) is 0.543. The van der Waals surface area contributed by atoms with Crippen LogP contribution in [-0.4, -0.2) is 26.3 Å². The van der Waals surface area contributed by atoms with E-state index in [4.69, 9.17) is 4.74 Å². The lowest BCUT2D eigenvalue weighted by Crippen LogP contribution is -2.39. The molecule has 0 aromatic heterocycles. The lowest BCUT2D eigenvalue weighted by atomic mass is 9.92. The van der Waals surface area contributed by atoms with E-state index in [-0.39, 0.29) is 0 Å². The Bertz CT molecular complexity index is 111. The molecule has 0 saturated carbocycles. The van der Waals surface area contributed by atoms with Crippen LogP contribution in [0.5, 0.6) is 0 Å². The Labute approximate surface area is 89.4 Å². The van der Waals surface area contributed by atoms with Crippen molar-refractivity contribution >= 4 is 0 Å². The van der Waals surface area contributed by atoms with E-state index in [0.29, 0.717) is 6.04 Å². The van der Waals surface area contributed by atoms with Gasteiger partial charge in [0.15, 0.2) is 0 Å². The van der Waals surface area contributed by atoms with Crippen LogP contribution >= 0.6 is 0 Å². The molecule has 0 aliphatic rings. The number of nitrogens with one attached hydrogen (secondary N) is 1. The van der Waals surface area contributed by atoms with Gasteiger partial charge in [-0.25, -0.2) is 0 Å². The predicted octanol–water partition coefficient (Wildman–Crippen LogP) is 2.83. The third kappa shape index (κ3) is 5.61. The summed E-state index contributed by atoms with van der Waals surface area (Å²) in [5, 5.41) is 3.52. The summed E-state index contributed by atoms with van der Waals surface area (Å²) in [6.07, 6.45) is 5.21. The summed E-state index contributed by atoms with van der Waals surface area (Å²) in [5.41, 5.74) is 0. The van der Waals surface area contributed by atoms with E-state index in [1.54, 1.807) is 7.11 Å². The molecule has 0 amide bonds. The molecule has 0 fully saturated rings. The van der Waals surface area contributed by atoms with Gasteiger partial charge in [-0.05, 0) is 18.9 Å². The Balaban J connectivity index is 3.96. The first-order chi connectivity index (χ1) is 6.79. The SMILES string of the molecule is CCCCC(CC)C(COC)NCC. The van der Waals surface area contributed by atoms with Gasteiger partial charge in [-0.2, -0.15) is 0 Å². The largest absolute Gasteiger partial charge is 0.383 e. The molecule has 0 aromatic rings. The lowest BCUT2D eigenvalue weighted by Gasteiger charge is -2.26. The average molecular weight is 201 g/mol. The maximum absolute atomic E-state index is 5.26. The summed E-state index contributed by atoms with van der Waals surface area (Å²) in [4.78, 5) is 0. The number of rotatable bonds is 9. The smallest absolute Gasteiger partial charge is 0.0618 e. The van der Waals surface area contributed by atoms with Crippen molar-refractivity contribution in [2.24, 2.45) is 5.92 Å². The number of likely N-dealkylation sites (N-methyl/N-ethyl adjacent to an activating group) is 1. The summed E-state index contributed by atoms with van der Waals surface area (Å²) >= 11 is 0. The quantitative estimate of drug-likeness (QED) is 0.619. The first kappa shape index (κ1) is 13.9. The van der Waals surface area contributed by atoms with Gasteiger partial charge in [-0.15, -0.1) is 0 Å². The zero-order chi connectivity index (χ0) is 10.8. The van der Waals surface area contributed by atoms with Crippen LogP contribution in [0.2, 0.25) is 0 Å². The van der Waals surface area contributed by atoms with Crippen molar-refractivity contribution in [2.75, 3.05) is 20.3 Å². The molecule has 2 nitrogen and oxygen atoms in total. The zero-order valence-corrected chi connectivity index (χ0v) is 10.3. The van der Waals surface area contributed by atoms with Gasteiger partial charge in [0.1, 0.15) is 0 Å². The van der Waals surface area contributed by atoms with Crippen molar-refractivity contribution in [3.63, 3.8) is 0 Å². The molecule has 0 rings (SSSR count). The van der Waals surface area contributed by atoms with Gasteiger partial charge < -0.3 is 10.1 Å². The Morgan fingerprint density at radius 1 is 1.21 bits per heavy atom. The van der Waals surface area contributed by atoms with Crippen molar-refractivity contribution in [3.05, 3.63) is 0 Å². The molecular formula is C12H27NO. The summed E-state index contributed by atoms with van der Waals surface area (Å²) in [7, 11) is 1.79. The lowest BCUT2D eigenvalue weighted by molar-refractivity contribution is 0.135. The molecule has 0 aliphatic heterocycles. The van der Waals surface area contributed by atoms with Gasteiger partial charge in [-0.3, -0.25) is 0 Å². The Morgan fingerprint density at radius 3 is 2.36 bits per heavy atom. The third-order valence-electron chi connectivity index (χ3n) is 2.83. The Hall–Kier alpha value is -0.0800. The van der Waals surface area contributed by atoms with E-state index in [1.165, 1.54) is 25.7 Å². The summed E-state index contributed by atoms with van der Waals surface area (Å²) < 4.78 is 5.26. The second-order valence-corrected chi connectivity index (χ2v) is 3.93. The molecule has 0 aromatic carbocycles. The highest BCUT2D eigenvalue weighted by atomic mass is 16.5. The van der Waals surface area contributed by atoms with Gasteiger partial charge in [-0.1, -0.05) is 40.0 Å². The molecule has 2 heteroatoms. The van der Waals surface area contributed by atoms with Crippen LogP contribution in [-0.2, 0) is 4.74 Å². The maximum atomic E-state index is 5.26. The second kappa shape index (κ2) is 9.47. The van der Waals surface area contributed by atoms with Crippen LogP contribution in [0.1, 0.15) is 46.5 Å². The minimum absolute atomic E-state index is 0.543. The van der Waals surface area contributed by atoms with E-state index in [1.807, 2.05) is 0 Å². The number of unbranched alkanes of at least 4 members (excludes halogenated alkanes) is 1. The molecule has 0 saturated heterocycles. The van der Waals surface area contributed by atoms with Crippen molar-refractivity contribution in [2.45, 2.75) is 52.5 Å². The zero-order valence-electron chi connectivity index (χ0n) is 10.3. The van der Waals surface area contributed by atoms with Crippen molar-refractivity contribution in [3.8, 4) is 0 Å². The van der Waals surface area contributed by atoms with Gasteiger partial charge in [0, 0.05) is 13.2 Å². The first-order valence-electron chi connectivity index (χ1n) is 6.02. The monoisotopic (exact) mass is 201 g/mol. The topological polar surface area (TPSA) is 21.3 Å². The minimum atomic E-state index is 0.543. The van der Waals surface area contributed by atoms with Crippen LogP contribution in [0, 0.1) is 5.92 Å². The van der Waals surface area contributed by atoms with Crippen molar-refractivity contribution in [1.29, 1.82) is 0 Å². The molecule has 1 N–H and O–H groups in total. The molecule has 0 radical (unpaired) electrons. The van der Waals surface area contributed by atoms with Crippen LogP contribution in [0.25, 0.3) is 0 Å². The molecule has 2 atom stereocenters. The molecule has 14 heavy (non-hydrogen) atoms. The highest BCUT2D eigenvalue weighted by molar-refractivity contribution is 4.74. The Morgan fingerprint density at radius 2 is 1.93 bits per heavy atom. The fourth-order valence-corrected chi connectivity index (χ4v) is 1.96. The second-order valence-electron chi connectivity index (χ2n) is 3.93. The average Bonchev–Trinajstić information content (AvgIpc) is 2.19. The number of ether oxygens (including phenoxy) is 1. The summed E-state index contributed by atoms with van der Waals surface area (Å²) in [6.45, 7) is 8.58. The minimum Gasteiger partial charge on any atom is -0.383 e.